The van der Waals surface area contributed by atoms with Gasteiger partial charge in [-0.2, -0.15) is 0 Å². The molecule has 76 valence electrons. The maximum absolute atomic E-state index is 8.97. The van der Waals surface area contributed by atoms with Crippen LogP contribution in [0.4, 0.5) is 0 Å². The number of fused-ring (bicyclic) bond motifs is 2. The first-order chi connectivity index (χ1) is 7.40. The Kier molecular flexibility index (Phi) is 1.88. The number of hydrogen-bond donors (Lipinski definition) is 1. The summed E-state index contributed by atoms with van der Waals surface area (Å²) in [6.45, 7) is 0. The van der Waals surface area contributed by atoms with Crippen molar-refractivity contribution in [1.29, 1.82) is 0 Å². The van der Waals surface area contributed by atoms with E-state index in [1.807, 2.05) is 0 Å². The molecule has 0 atom stereocenters. The number of rotatable bonds is 0. The van der Waals surface area contributed by atoms with Crippen molar-refractivity contribution in [1.82, 2.24) is 0 Å². The Hall–Kier alpha value is -1.57. The van der Waals surface area contributed by atoms with Crippen LogP contribution in [0, 0.1) is 0 Å². The van der Waals surface area contributed by atoms with Gasteiger partial charge < -0.3 is 5.21 Å². The van der Waals surface area contributed by atoms with E-state index in [1.54, 1.807) is 0 Å². The predicted molar refractivity (Wildman–Crippen MR) is 60.1 cm³/mol. The van der Waals surface area contributed by atoms with Gasteiger partial charge in [-0.05, 0) is 41.5 Å². The molecule has 3 rings (SSSR count). The Bertz CT molecular complexity index is 471. The van der Waals surface area contributed by atoms with Crippen molar-refractivity contribution in [3.8, 4) is 0 Å². The molecule has 0 aromatic heterocycles. The van der Waals surface area contributed by atoms with Gasteiger partial charge in [-0.25, -0.2) is 0 Å². The van der Waals surface area contributed by atoms with Gasteiger partial charge in [-0.3, -0.25) is 0 Å². The lowest BCUT2D eigenvalue weighted by molar-refractivity contribution is 0.317. The van der Waals surface area contributed by atoms with E-state index in [9.17, 15) is 0 Å². The zero-order valence-electron chi connectivity index (χ0n) is 8.53. The molecule has 0 unspecified atom stereocenters. The molecule has 2 aliphatic rings. The summed E-state index contributed by atoms with van der Waals surface area (Å²) in [5, 5.41) is 12.4. The van der Waals surface area contributed by atoms with Crippen LogP contribution in [0.5, 0.6) is 0 Å². The second-order valence-electron chi connectivity index (χ2n) is 4.19. The summed E-state index contributed by atoms with van der Waals surface area (Å²) in [7, 11) is 0. The van der Waals surface area contributed by atoms with Crippen LogP contribution in [-0.4, -0.2) is 10.9 Å². The fraction of sp³-hybridized carbons (Fsp3) is 0.308. The van der Waals surface area contributed by atoms with Crippen molar-refractivity contribution in [3.05, 3.63) is 41.0 Å². The molecule has 1 N–H and O–H groups in total. The van der Waals surface area contributed by atoms with Gasteiger partial charge in [0.15, 0.2) is 0 Å². The van der Waals surface area contributed by atoms with E-state index < -0.39 is 0 Å². The molecule has 15 heavy (non-hydrogen) atoms. The van der Waals surface area contributed by atoms with Crippen LogP contribution < -0.4 is 0 Å². The summed E-state index contributed by atoms with van der Waals surface area (Å²) in [5.74, 6) is 0. The van der Waals surface area contributed by atoms with E-state index >= 15 is 0 Å². The van der Waals surface area contributed by atoms with Crippen LogP contribution >= 0.6 is 0 Å². The van der Waals surface area contributed by atoms with E-state index in [2.05, 4.69) is 29.4 Å². The number of benzene rings is 1. The highest BCUT2D eigenvalue weighted by atomic mass is 16.4. The fourth-order valence-electron chi connectivity index (χ4n) is 2.68. The molecule has 2 heteroatoms. The summed E-state index contributed by atoms with van der Waals surface area (Å²) in [6, 6.07) is 8.51. The van der Waals surface area contributed by atoms with Crippen LogP contribution in [0.25, 0.3) is 5.57 Å². The average Bonchev–Trinajstić information content (AvgIpc) is 2.67. The molecule has 2 aliphatic carbocycles. The molecule has 0 spiro atoms. The van der Waals surface area contributed by atoms with E-state index in [4.69, 9.17) is 5.21 Å². The van der Waals surface area contributed by atoms with Crippen molar-refractivity contribution in [2.24, 2.45) is 5.16 Å². The third-order valence-electron chi connectivity index (χ3n) is 3.38. The van der Waals surface area contributed by atoms with Crippen LogP contribution in [-0.2, 0) is 6.42 Å². The molecule has 1 aromatic carbocycles. The summed E-state index contributed by atoms with van der Waals surface area (Å²) in [5.41, 5.74) is 6.32. The quantitative estimate of drug-likeness (QED) is 0.505. The van der Waals surface area contributed by atoms with Gasteiger partial charge in [0.05, 0.1) is 5.71 Å². The Morgan fingerprint density at radius 1 is 1.07 bits per heavy atom. The first-order valence-electron chi connectivity index (χ1n) is 5.42. The molecule has 0 saturated heterocycles. The highest BCUT2D eigenvalue weighted by Gasteiger charge is 2.27. The number of hydrogen-bond acceptors (Lipinski definition) is 2. The molecule has 0 saturated carbocycles. The monoisotopic (exact) mass is 199 g/mol. The summed E-state index contributed by atoms with van der Waals surface area (Å²) < 4.78 is 0. The second-order valence-corrected chi connectivity index (χ2v) is 4.19. The first kappa shape index (κ1) is 8.72. The molecule has 0 bridgehead atoms. The van der Waals surface area contributed by atoms with Gasteiger partial charge in [0.25, 0.3) is 0 Å². The smallest absolute Gasteiger partial charge is 0.0834 e. The Balaban J connectivity index is 2.14. The normalized spacial score (nSPS) is 21.7. The molecule has 0 heterocycles. The molecular weight excluding hydrogens is 186 g/mol. The van der Waals surface area contributed by atoms with Gasteiger partial charge in [0.1, 0.15) is 0 Å². The van der Waals surface area contributed by atoms with Gasteiger partial charge in [0.2, 0.25) is 0 Å². The molecular formula is C13H13NO. The third-order valence-corrected chi connectivity index (χ3v) is 3.38. The van der Waals surface area contributed by atoms with E-state index in [0.717, 1.165) is 31.4 Å². The standard InChI is InChI=1S/C13H13NO/c15-14-13-7-3-6-11-10-5-2-1-4-9(10)8-12(11)13/h1-2,4-5,15H,3,6-8H2/b14-13-. The minimum absolute atomic E-state index is 0.896. The number of nitrogens with zero attached hydrogens (tertiary/aromatic N) is 1. The van der Waals surface area contributed by atoms with Gasteiger partial charge >= 0.3 is 0 Å². The Morgan fingerprint density at radius 2 is 1.93 bits per heavy atom. The van der Waals surface area contributed by atoms with Crippen molar-refractivity contribution in [2.75, 3.05) is 0 Å². The lowest BCUT2D eigenvalue weighted by atomic mass is 9.90. The van der Waals surface area contributed by atoms with Crippen molar-refractivity contribution < 1.29 is 5.21 Å². The largest absolute Gasteiger partial charge is 0.411 e. The number of oxime groups is 1. The number of allylic oxidation sites excluding steroid dienone is 2. The molecule has 0 fully saturated rings. The van der Waals surface area contributed by atoms with Gasteiger partial charge in [-0.1, -0.05) is 29.4 Å². The molecule has 0 aliphatic heterocycles. The summed E-state index contributed by atoms with van der Waals surface area (Å²) >= 11 is 0. The van der Waals surface area contributed by atoms with E-state index in [-0.39, 0.29) is 0 Å². The molecule has 0 amide bonds. The second kappa shape index (κ2) is 3.23. The van der Waals surface area contributed by atoms with Crippen LogP contribution in [0.15, 0.2) is 35.0 Å². The predicted octanol–water partition coefficient (Wildman–Crippen LogP) is 3.01. The maximum atomic E-state index is 8.97. The minimum Gasteiger partial charge on any atom is -0.411 e. The van der Waals surface area contributed by atoms with E-state index in [0.29, 0.717) is 0 Å². The maximum Gasteiger partial charge on any atom is 0.0834 e. The first-order valence-corrected chi connectivity index (χ1v) is 5.42. The van der Waals surface area contributed by atoms with Crippen LogP contribution in [0.3, 0.4) is 0 Å². The minimum atomic E-state index is 0.896. The van der Waals surface area contributed by atoms with Crippen molar-refractivity contribution >= 4 is 11.3 Å². The third kappa shape index (κ3) is 1.21. The highest BCUT2D eigenvalue weighted by Crippen LogP contribution is 2.40. The molecule has 1 aromatic rings. The van der Waals surface area contributed by atoms with Crippen LogP contribution in [0.1, 0.15) is 30.4 Å². The summed E-state index contributed by atoms with van der Waals surface area (Å²) in [6.07, 6.45) is 4.10. The zero-order valence-corrected chi connectivity index (χ0v) is 8.53. The lowest BCUT2D eigenvalue weighted by Gasteiger charge is -2.15. The van der Waals surface area contributed by atoms with Crippen molar-refractivity contribution in [3.63, 3.8) is 0 Å². The van der Waals surface area contributed by atoms with E-state index in [1.165, 1.54) is 22.3 Å². The van der Waals surface area contributed by atoms with Crippen molar-refractivity contribution in [2.45, 2.75) is 25.7 Å². The van der Waals surface area contributed by atoms with Gasteiger partial charge in [-0.15, -0.1) is 0 Å². The van der Waals surface area contributed by atoms with Gasteiger partial charge in [0, 0.05) is 6.42 Å². The van der Waals surface area contributed by atoms with Crippen LogP contribution in [0.2, 0.25) is 0 Å². The lowest BCUT2D eigenvalue weighted by Crippen LogP contribution is -2.09. The Morgan fingerprint density at radius 3 is 2.80 bits per heavy atom. The Labute approximate surface area is 88.9 Å². The fourth-order valence-corrected chi connectivity index (χ4v) is 2.68. The SMILES string of the molecule is O/N=C1/CCCC2=C1Cc1ccccc12. The summed E-state index contributed by atoms with van der Waals surface area (Å²) in [4.78, 5) is 0. The zero-order chi connectivity index (χ0) is 10.3. The average molecular weight is 199 g/mol. The molecule has 2 nitrogen and oxygen atoms in total. The highest BCUT2D eigenvalue weighted by molar-refractivity contribution is 6.09. The molecule has 0 radical (unpaired) electrons. The topological polar surface area (TPSA) is 32.6 Å².